The minimum atomic E-state index is -0.877. The lowest BCUT2D eigenvalue weighted by Gasteiger charge is -2.25. The largest absolute Gasteiger partial charge is 0.507 e. The summed E-state index contributed by atoms with van der Waals surface area (Å²) >= 11 is 0. The highest BCUT2D eigenvalue weighted by molar-refractivity contribution is 6.51. The molecule has 0 radical (unpaired) electrons. The Bertz CT molecular complexity index is 1260. The lowest BCUT2D eigenvalue weighted by Crippen LogP contribution is -2.29. The third-order valence-corrected chi connectivity index (χ3v) is 5.22. The van der Waals surface area contributed by atoms with E-state index in [1.807, 2.05) is 19.9 Å². The van der Waals surface area contributed by atoms with Gasteiger partial charge in [-0.05, 0) is 74.0 Å². The number of aromatic nitrogens is 1. The maximum absolute atomic E-state index is 13.1. The number of rotatable bonds is 5. The van der Waals surface area contributed by atoms with Crippen LogP contribution in [-0.4, -0.2) is 27.9 Å². The summed E-state index contributed by atoms with van der Waals surface area (Å²) in [5, 5.41) is 20.2. The quantitative estimate of drug-likeness (QED) is 0.360. The molecule has 1 aromatic heterocycles. The summed E-state index contributed by atoms with van der Waals surface area (Å²) in [6, 6.07) is 17.6. The average Bonchev–Trinajstić information content (AvgIpc) is 3.10. The summed E-state index contributed by atoms with van der Waals surface area (Å²) in [4.78, 5) is 31.7. The monoisotopic (exact) mass is 439 g/mol. The molecule has 0 aliphatic carbocycles. The number of hydrogen-bond donors (Lipinski definition) is 1. The molecule has 33 heavy (non-hydrogen) atoms. The Labute approximate surface area is 191 Å². The van der Waals surface area contributed by atoms with Gasteiger partial charge in [-0.15, -0.1) is 0 Å². The molecule has 0 spiro atoms. The van der Waals surface area contributed by atoms with Crippen LogP contribution in [0.2, 0.25) is 0 Å². The molecular formula is C26H21N3O4. The molecule has 7 heteroatoms. The van der Waals surface area contributed by atoms with Crippen LogP contribution < -0.4 is 9.64 Å². The van der Waals surface area contributed by atoms with Crippen LogP contribution in [-0.2, 0) is 9.59 Å². The van der Waals surface area contributed by atoms with E-state index in [2.05, 4.69) is 4.98 Å². The Hall–Kier alpha value is -4.44. The minimum Gasteiger partial charge on any atom is -0.507 e. The van der Waals surface area contributed by atoms with Crippen molar-refractivity contribution in [1.29, 1.82) is 5.26 Å². The number of anilines is 1. The predicted molar refractivity (Wildman–Crippen MR) is 122 cm³/mol. The van der Waals surface area contributed by atoms with Crippen LogP contribution in [0.5, 0.6) is 5.75 Å². The van der Waals surface area contributed by atoms with Crippen molar-refractivity contribution >= 4 is 23.1 Å². The zero-order valence-corrected chi connectivity index (χ0v) is 18.1. The van der Waals surface area contributed by atoms with Gasteiger partial charge in [-0.1, -0.05) is 6.07 Å². The number of ether oxygens (including phenoxy) is 1. The smallest absolute Gasteiger partial charge is 0.300 e. The van der Waals surface area contributed by atoms with Crippen LogP contribution in [0, 0.1) is 11.3 Å². The van der Waals surface area contributed by atoms with Crippen molar-refractivity contribution < 1.29 is 19.4 Å². The van der Waals surface area contributed by atoms with Crippen molar-refractivity contribution in [3.8, 4) is 11.8 Å². The fourth-order valence-electron chi connectivity index (χ4n) is 3.77. The number of aliphatic hydroxyl groups is 1. The standard InChI is InChI=1S/C26H21N3O4/c1-16(2)33-21-11-7-18(8-12-21)24(30)22-23(19-4-3-13-28-15-19)29(26(32)25(22)31)20-9-5-17(14-27)6-10-20/h3-13,15-16,23,30H,1-2H3/b24-22-. The third kappa shape index (κ3) is 4.19. The lowest BCUT2D eigenvalue weighted by atomic mass is 9.96. The number of nitriles is 1. The van der Waals surface area contributed by atoms with Crippen molar-refractivity contribution in [2.75, 3.05) is 4.90 Å². The van der Waals surface area contributed by atoms with E-state index in [-0.39, 0.29) is 17.4 Å². The number of ketones is 1. The highest BCUT2D eigenvalue weighted by Gasteiger charge is 2.47. The maximum Gasteiger partial charge on any atom is 0.300 e. The minimum absolute atomic E-state index is 0.00669. The molecule has 0 saturated carbocycles. The molecule has 2 aromatic carbocycles. The molecule has 1 N–H and O–H groups in total. The van der Waals surface area contributed by atoms with Gasteiger partial charge in [-0.3, -0.25) is 19.5 Å². The number of carbonyl (C=O) groups excluding carboxylic acids is 2. The van der Waals surface area contributed by atoms with Gasteiger partial charge in [-0.2, -0.15) is 5.26 Å². The molecule has 1 aliphatic heterocycles. The van der Waals surface area contributed by atoms with Crippen LogP contribution >= 0.6 is 0 Å². The van der Waals surface area contributed by atoms with Crippen LogP contribution in [0.3, 0.4) is 0 Å². The first-order chi connectivity index (χ1) is 15.9. The van der Waals surface area contributed by atoms with Gasteiger partial charge in [0.25, 0.3) is 11.7 Å². The first kappa shape index (κ1) is 21.8. The summed E-state index contributed by atoms with van der Waals surface area (Å²) in [6.07, 6.45) is 3.14. The number of nitrogens with zero attached hydrogens (tertiary/aromatic N) is 3. The van der Waals surface area contributed by atoms with E-state index in [4.69, 9.17) is 10.00 Å². The first-order valence-corrected chi connectivity index (χ1v) is 10.4. The Morgan fingerprint density at radius 1 is 1.09 bits per heavy atom. The van der Waals surface area contributed by atoms with E-state index in [0.717, 1.165) is 0 Å². The number of aliphatic hydroxyl groups excluding tert-OH is 1. The maximum atomic E-state index is 13.1. The Kier molecular flexibility index (Phi) is 5.92. The summed E-state index contributed by atoms with van der Waals surface area (Å²) in [7, 11) is 0. The summed E-state index contributed by atoms with van der Waals surface area (Å²) < 4.78 is 5.64. The van der Waals surface area contributed by atoms with Gasteiger partial charge in [-0.25, -0.2) is 0 Å². The molecule has 2 heterocycles. The predicted octanol–water partition coefficient (Wildman–Crippen LogP) is 4.37. The molecule has 1 fully saturated rings. The Morgan fingerprint density at radius 2 is 1.79 bits per heavy atom. The molecule has 3 aromatic rings. The van der Waals surface area contributed by atoms with Crippen LogP contribution in [0.4, 0.5) is 5.69 Å². The van der Waals surface area contributed by atoms with E-state index in [0.29, 0.717) is 28.1 Å². The van der Waals surface area contributed by atoms with Gasteiger partial charge < -0.3 is 9.84 Å². The normalized spacial score (nSPS) is 17.3. The van der Waals surface area contributed by atoms with Gasteiger partial charge in [0.1, 0.15) is 11.5 Å². The van der Waals surface area contributed by atoms with Crippen LogP contribution in [0.1, 0.15) is 36.6 Å². The van der Waals surface area contributed by atoms with E-state index in [1.54, 1.807) is 73.1 Å². The van der Waals surface area contributed by atoms with Crippen molar-refractivity contribution in [3.05, 3.63) is 95.3 Å². The topological polar surface area (TPSA) is 104 Å². The van der Waals surface area contributed by atoms with Crippen molar-refractivity contribution in [3.63, 3.8) is 0 Å². The molecule has 164 valence electrons. The molecule has 4 rings (SSSR count). The second-order valence-electron chi connectivity index (χ2n) is 7.81. The first-order valence-electron chi connectivity index (χ1n) is 10.4. The van der Waals surface area contributed by atoms with Crippen molar-refractivity contribution in [2.24, 2.45) is 0 Å². The summed E-state index contributed by atoms with van der Waals surface area (Å²) in [6.45, 7) is 3.82. The molecule has 1 unspecified atom stereocenters. The average molecular weight is 439 g/mol. The Balaban J connectivity index is 1.84. The van der Waals surface area contributed by atoms with Crippen molar-refractivity contribution in [1.82, 2.24) is 4.98 Å². The number of pyridine rings is 1. The number of benzene rings is 2. The van der Waals surface area contributed by atoms with Gasteiger partial charge in [0.15, 0.2) is 0 Å². The molecule has 1 atom stereocenters. The van der Waals surface area contributed by atoms with Gasteiger partial charge in [0, 0.05) is 23.6 Å². The molecule has 7 nitrogen and oxygen atoms in total. The molecular weight excluding hydrogens is 418 g/mol. The highest BCUT2D eigenvalue weighted by Crippen LogP contribution is 2.42. The molecule has 1 saturated heterocycles. The van der Waals surface area contributed by atoms with E-state index in [9.17, 15) is 14.7 Å². The zero-order chi connectivity index (χ0) is 23.5. The molecule has 0 bridgehead atoms. The number of amides is 1. The fraction of sp³-hybridized carbons (Fsp3) is 0.154. The third-order valence-electron chi connectivity index (χ3n) is 5.22. The van der Waals surface area contributed by atoms with E-state index in [1.165, 1.54) is 4.90 Å². The lowest BCUT2D eigenvalue weighted by molar-refractivity contribution is -0.132. The summed E-state index contributed by atoms with van der Waals surface area (Å²) in [5.41, 5.74) is 1.79. The fourth-order valence-corrected chi connectivity index (χ4v) is 3.77. The van der Waals surface area contributed by atoms with Crippen LogP contribution in [0.25, 0.3) is 5.76 Å². The highest BCUT2D eigenvalue weighted by atomic mass is 16.5. The number of carbonyl (C=O) groups is 2. The molecule has 1 aliphatic rings. The van der Waals surface area contributed by atoms with Crippen molar-refractivity contribution in [2.45, 2.75) is 26.0 Å². The van der Waals surface area contributed by atoms with Gasteiger partial charge in [0.05, 0.1) is 29.4 Å². The number of Topliss-reactive ketones (excluding diaryl/α,β-unsaturated/α-hetero) is 1. The van der Waals surface area contributed by atoms with E-state index < -0.39 is 17.7 Å². The SMILES string of the molecule is CC(C)Oc1ccc(/C(O)=C2/C(=O)C(=O)N(c3ccc(C#N)cc3)C2c2cccnc2)cc1. The summed E-state index contributed by atoms with van der Waals surface area (Å²) in [5.74, 6) is -1.22. The molecule has 1 amide bonds. The van der Waals surface area contributed by atoms with E-state index >= 15 is 0 Å². The van der Waals surface area contributed by atoms with Crippen LogP contribution in [0.15, 0.2) is 78.6 Å². The second kappa shape index (κ2) is 8.97. The van der Waals surface area contributed by atoms with Gasteiger partial charge >= 0.3 is 0 Å². The van der Waals surface area contributed by atoms with Gasteiger partial charge in [0.2, 0.25) is 0 Å². The Morgan fingerprint density at radius 3 is 2.36 bits per heavy atom. The second-order valence-corrected chi connectivity index (χ2v) is 7.81. The zero-order valence-electron chi connectivity index (χ0n) is 18.1. The number of hydrogen-bond acceptors (Lipinski definition) is 6.